The molecule has 2 aromatic rings. The standard InChI is InChI=1S/C14H12BrFN2O4/c1-5-4-22-12-8(15)9(16)10(17)6-3-7(14(20)21-2)13(19)18(5)11(6)12/h3,5H,4,17H2,1-2H3/t5-/m0/s1. The number of carbonyl (C=O) groups is 1. The third-order valence-corrected chi connectivity index (χ3v) is 4.39. The van der Waals surface area contributed by atoms with Gasteiger partial charge < -0.3 is 15.2 Å². The lowest BCUT2D eigenvalue weighted by atomic mass is 10.1. The van der Waals surface area contributed by atoms with Gasteiger partial charge >= 0.3 is 5.97 Å². The van der Waals surface area contributed by atoms with Gasteiger partial charge in [-0.3, -0.25) is 9.36 Å². The monoisotopic (exact) mass is 370 g/mol. The molecule has 1 aromatic heterocycles. The summed E-state index contributed by atoms with van der Waals surface area (Å²) < 4.78 is 25.8. The van der Waals surface area contributed by atoms with Crippen molar-refractivity contribution in [3.8, 4) is 5.75 Å². The normalized spacial score (nSPS) is 16.5. The van der Waals surface area contributed by atoms with Gasteiger partial charge in [0, 0.05) is 5.39 Å². The molecular formula is C14H12BrFN2O4. The Labute approximate surface area is 132 Å². The maximum Gasteiger partial charge on any atom is 0.343 e. The van der Waals surface area contributed by atoms with Crippen LogP contribution in [0.1, 0.15) is 23.3 Å². The van der Waals surface area contributed by atoms with E-state index in [1.807, 2.05) is 0 Å². The molecule has 0 unspecified atom stereocenters. The van der Waals surface area contributed by atoms with E-state index in [-0.39, 0.29) is 39.5 Å². The molecule has 1 aromatic carbocycles. The summed E-state index contributed by atoms with van der Waals surface area (Å²) in [5.41, 5.74) is 5.30. The van der Waals surface area contributed by atoms with Gasteiger partial charge in [-0.25, -0.2) is 9.18 Å². The highest BCUT2D eigenvalue weighted by Crippen LogP contribution is 2.42. The minimum atomic E-state index is -0.793. The molecule has 0 fully saturated rings. The summed E-state index contributed by atoms with van der Waals surface area (Å²) in [5, 5.41) is 0.238. The first kappa shape index (κ1) is 14.8. The van der Waals surface area contributed by atoms with E-state index in [0.717, 1.165) is 0 Å². The number of benzene rings is 1. The first-order chi connectivity index (χ1) is 10.4. The van der Waals surface area contributed by atoms with Crippen molar-refractivity contribution in [3.63, 3.8) is 0 Å². The second-order valence-electron chi connectivity index (χ2n) is 5.02. The SMILES string of the molecule is COC(=O)c1cc2c(N)c(F)c(Br)c3c2n(c1=O)[C@@H](C)CO3. The Kier molecular flexibility index (Phi) is 3.36. The molecule has 2 heterocycles. The smallest absolute Gasteiger partial charge is 0.343 e. The predicted molar refractivity (Wildman–Crippen MR) is 81.8 cm³/mol. The highest BCUT2D eigenvalue weighted by atomic mass is 79.9. The van der Waals surface area contributed by atoms with Crippen LogP contribution in [0, 0.1) is 5.82 Å². The number of carbonyl (C=O) groups excluding carboxylic acids is 1. The van der Waals surface area contributed by atoms with Crippen molar-refractivity contribution in [2.75, 3.05) is 19.5 Å². The molecule has 1 aliphatic rings. The van der Waals surface area contributed by atoms with Crippen LogP contribution in [0.2, 0.25) is 0 Å². The minimum Gasteiger partial charge on any atom is -0.488 e. The molecule has 8 heteroatoms. The van der Waals surface area contributed by atoms with Gasteiger partial charge in [0.2, 0.25) is 0 Å². The van der Waals surface area contributed by atoms with Crippen LogP contribution < -0.4 is 16.0 Å². The van der Waals surface area contributed by atoms with Gasteiger partial charge in [0.15, 0.2) is 11.6 Å². The van der Waals surface area contributed by atoms with Crippen LogP contribution in [0.4, 0.5) is 10.1 Å². The van der Waals surface area contributed by atoms with E-state index in [1.54, 1.807) is 6.92 Å². The van der Waals surface area contributed by atoms with Gasteiger partial charge in [-0.2, -0.15) is 0 Å². The molecule has 116 valence electrons. The predicted octanol–water partition coefficient (Wildman–Crippen LogP) is 2.23. The van der Waals surface area contributed by atoms with Crippen LogP contribution in [0.15, 0.2) is 15.3 Å². The van der Waals surface area contributed by atoms with Crippen molar-refractivity contribution < 1.29 is 18.7 Å². The van der Waals surface area contributed by atoms with Gasteiger partial charge in [-0.1, -0.05) is 0 Å². The number of rotatable bonds is 1. The van der Waals surface area contributed by atoms with E-state index >= 15 is 0 Å². The molecule has 6 nitrogen and oxygen atoms in total. The summed E-state index contributed by atoms with van der Waals surface area (Å²) in [7, 11) is 1.17. The summed E-state index contributed by atoms with van der Waals surface area (Å²) in [6.45, 7) is 1.94. The van der Waals surface area contributed by atoms with Crippen LogP contribution in [0.5, 0.6) is 5.75 Å². The summed E-state index contributed by atoms with van der Waals surface area (Å²) in [5.74, 6) is -1.29. The number of nitrogens with zero attached hydrogens (tertiary/aromatic N) is 1. The van der Waals surface area contributed by atoms with Crippen molar-refractivity contribution >= 4 is 38.5 Å². The molecule has 2 N–H and O–H groups in total. The number of aromatic nitrogens is 1. The third kappa shape index (κ3) is 1.83. The molecule has 0 saturated carbocycles. The van der Waals surface area contributed by atoms with E-state index < -0.39 is 17.3 Å². The fourth-order valence-electron chi connectivity index (χ4n) is 2.60. The maximum absolute atomic E-state index is 14.2. The molecule has 0 aliphatic carbocycles. The average molecular weight is 371 g/mol. The van der Waals surface area contributed by atoms with E-state index in [4.69, 9.17) is 10.5 Å². The summed E-state index contributed by atoms with van der Waals surface area (Å²) in [4.78, 5) is 24.4. The molecule has 0 spiro atoms. The van der Waals surface area contributed by atoms with Gasteiger partial charge in [0.1, 0.15) is 12.2 Å². The van der Waals surface area contributed by atoms with Crippen molar-refractivity contribution in [3.05, 3.63) is 32.3 Å². The first-order valence-corrected chi connectivity index (χ1v) is 7.24. The molecule has 0 amide bonds. The summed E-state index contributed by atoms with van der Waals surface area (Å²) >= 11 is 3.10. The topological polar surface area (TPSA) is 83.5 Å². The highest BCUT2D eigenvalue weighted by Gasteiger charge is 2.29. The molecular weight excluding hydrogens is 359 g/mol. The quantitative estimate of drug-likeness (QED) is 0.614. The van der Waals surface area contributed by atoms with Crippen molar-refractivity contribution in [1.29, 1.82) is 0 Å². The maximum atomic E-state index is 14.2. The second-order valence-corrected chi connectivity index (χ2v) is 5.81. The molecule has 0 bridgehead atoms. The number of hydrogen-bond acceptors (Lipinski definition) is 5. The van der Waals surface area contributed by atoms with Gasteiger partial charge in [-0.05, 0) is 28.9 Å². The molecule has 3 rings (SSSR count). The molecule has 22 heavy (non-hydrogen) atoms. The highest BCUT2D eigenvalue weighted by molar-refractivity contribution is 9.10. The Morgan fingerprint density at radius 1 is 1.59 bits per heavy atom. The Morgan fingerprint density at radius 3 is 2.91 bits per heavy atom. The number of anilines is 1. The Bertz CT molecular complexity index is 878. The number of halogens is 2. The lowest BCUT2D eigenvalue weighted by molar-refractivity contribution is 0.0597. The Balaban J connectivity index is 2.57. The van der Waals surface area contributed by atoms with Crippen molar-refractivity contribution in [2.24, 2.45) is 0 Å². The summed E-state index contributed by atoms with van der Waals surface area (Å²) in [6, 6.07) is 0.916. The number of methoxy groups -OCH3 is 1. The number of pyridine rings is 1. The van der Waals surface area contributed by atoms with Crippen molar-refractivity contribution in [2.45, 2.75) is 13.0 Å². The number of hydrogen-bond donors (Lipinski definition) is 1. The molecule has 1 atom stereocenters. The fourth-order valence-corrected chi connectivity index (χ4v) is 3.12. The molecule has 1 aliphatic heterocycles. The largest absolute Gasteiger partial charge is 0.488 e. The van der Waals surface area contributed by atoms with E-state index in [9.17, 15) is 14.0 Å². The van der Waals surface area contributed by atoms with E-state index in [2.05, 4.69) is 20.7 Å². The number of ether oxygens (including phenoxy) is 2. The van der Waals surface area contributed by atoms with Gasteiger partial charge in [0.05, 0.1) is 28.8 Å². The Hall–Kier alpha value is -2.09. The van der Waals surface area contributed by atoms with Crippen LogP contribution in [-0.2, 0) is 4.74 Å². The lowest BCUT2D eigenvalue weighted by Crippen LogP contribution is -2.34. The zero-order chi connectivity index (χ0) is 16.2. The fraction of sp³-hybridized carbons (Fsp3) is 0.286. The lowest BCUT2D eigenvalue weighted by Gasteiger charge is -2.27. The minimum absolute atomic E-state index is 0.0587. The number of nitrogens with two attached hydrogens (primary N) is 1. The second kappa shape index (κ2) is 4.98. The van der Waals surface area contributed by atoms with E-state index in [0.29, 0.717) is 5.52 Å². The van der Waals surface area contributed by atoms with Gasteiger partial charge in [-0.15, -0.1) is 0 Å². The van der Waals surface area contributed by atoms with Crippen LogP contribution in [-0.4, -0.2) is 24.3 Å². The Morgan fingerprint density at radius 2 is 2.27 bits per heavy atom. The average Bonchev–Trinajstić information content (AvgIpc) is 2.51. The zero-order valence-corrected chi connectivity index (χ0v) is 13.4. The first-order valence-electron chi connectivity index (χ1n) is 6.45. The zero-order valence-electron chi connectivity index (χ0n) is 11.8. The molecule has 0 radical (unpaired) electrons. The molecule has 0 saturated heterocycles. The number of esters is 1. The van der Waals surface area contributed by atoms with Gasteiger partial charge in [0.25, 0.3) is 5.56 Å². The van der Waals surface area contributed by atoms with Crippen LogP contribution >= 0.6 is 15.9 Å². The van der Waals surface area contributed by atoms with Crippen molar-refractivity contribution in [1.82, 2.24) is 4.57 Å². The van der Waals surface area contributed by atoms with Crippen LogP contribution in [0.25, 0.3) is 10.9 Å². The van der Waals surface area contributed by atoms with Crippen LogP contribution in [0.3, 0.4) is 0 Å². The summed E-state index contributed by atoms with van der Waals surface area (Å²) in [6.07, 6.45) is 0. The van der Waals surface area contributed by atoms with E-state index in [1.165, 1.54) is 17.7 Å². The third-order valence-electron chi connectivity index (χ3n) is 3.68. The number of nitrogen functional groups attached to an aromatic ring is 1.